The molecule has 1 aromatic carbocycles. The van der Waals surface area contributed by atoms with Gasteiger partial charge < -0.3 is 10.2 Å². The number of piperidine rings is 1. The number of nitrogens with zero attached hydrogens (tertiary/aromatic N) is 3. The van der Waals surface area contributed by atoms with Crippen molar-refractivity contribution >= 4 is 23.0 Å². The highest BCUT2D eigenvalue weighted by Crippen LogP contribution is 2.19. The molecule has 3 aromatic rings. The summed E-state index contributed by atoms with van der Waals surface area (Å²) in [5.74, 6) is -2.73. The number of anilines is 1. The van der Waals surface area contributed by atoms with Gasteiger partial charge in [0.05, 0.1) is 5.52 Å². The van der Waals surface area contributed by atoms with Crippen LogP contribution in [0.3, 0.4) is 0 Å². The van der Waals surface area contributed by atoms with Gasteiger partial charge in [-0.25, -0.2) is 13.8 Å². The van der Waals surface area contributed by atoms with Gasteiger partial charge in [-0.1, -0.05) is 6.07 Å². The number of carbonyl (C=O) groups excluding carboxylic acids is 2. The second-order valence-corrected chi connectivity index (χ2v) is 6.68. The van der Waals surface area contributed by atoms with Crippen LogP contribution in [0.25, 0.3) is 5.52 Å². The Balaban J connectivity index is 1.68. The summed E-state index contributed by atoms with van der Waals surface area (Å²) in [5.41, 5.74) is 0.610. The lowest BCUT2D eigenvalue weighted by Crippen LogP contribution is -2.36. The third kappa shape index (κ3) is 3.33. The number of likely N-dealkylation sites (tertiary alicyclic amines) is 1. The number of hydrogen-bond acceptors (Lipinski definition) is 3. The second-order valence-electron chi connectivity index (χ2n) is 6.68. The van der Waals surface area contributed by atoms with Crippen LogP contribution in [0.5, 0.6) is 0 Å². The number of pyridine rings is 1. The maximum absolute atomic E-state index is 13.4. The zero-order valence-corrected chi connectivity index (χ0v) is 15.0. The molecule has 0 aliphatic carbocycles. The monoisotopic (exact) mass is 384 g/mol. The van der Waals surface area contributed by atoms with E-state index in [1.807, 2.05) is 0 Å². The Kier molecular flexibility index (Phi) is 4.77. The molecule has 1 N–H and O–H groups in total. The van der Waals surface area contributed by atoms with E-state index in [1.165, 1.54) is 6.07 Å². The van der Waals surface area contributed by atoms with Crippen molar-refractivity contribution in [2.45, 2.75) is 19.3 Å². The van der Waals surface area contributed by atoms with Crippen molar-refractivity contribution < 1.29 is 18.4 Å². The highest BCUT2D eigenvalue weighted by atomic mass is 19.2. The summed E-state index contributed by atoms with van der Waals surface area (Å²) < 4.78 is 28.1. The molecule has 1 aliphatic rings. The molecule has 1 saturated heterocycles. The predicted molar refractivity (Wildman–Crippen MR) is 99.3 cm³/mol. The number of imidazole rings is 1. The van der Waals surface area contributed by atoms with Crippen LogP contribution in [-0.2, 0) is 0 Å². The van der Waals surface area contributed by atoms with Crippen molar-refractivity contribution in [3.8, 4) is 0 Å². The summed E-state index contributed by atoms with van der Waals surface area (Å²) in [7, 11) is 0. The maximum atomic E-state index is 13.4. The van der Waals surface area contributed by atoms with Gasteiger partial charge in [0.25, 0.3) is 11.8 Å². The first-order valence-electron chi connectivity index (χ1n) is 9.07. The Morgan fingerprint density at radius 1 is 1.00 bits per heavy atom. The number of halogens is 2. The average molecular weight is 384 g/mol. The molecule has 1 aliphatic heterocycles. The van der Waals surface area contributed by atoms with E-state index < -0.39 is 17.5 Å². The molecule has 2 amide bonds. The summed E-state index contributed by atoms with van der Waals surface area (Å²) >= 11 is 0. The van der Waals surface area contributed by atoms with Gasteiger partial charge in [-0.3, -0.25) is 14.0 Å². The molecule has 4 rings (SSSR count). The van der Waals surface area contributed by atoms with Gasteiger partial charge in [-0.2, -0.15) is 0 Å². The topological polar surface area (TPSA) is 66.7 Å². The molecule has 0 radical (unpaired) electrons. The van der Waals surface area contributed by atoms with Crippen LogP contribution in [0.2, 0.25) is 0 Å². The van der Waals surface area contributed by atoms with Gasteiger partial charge in [0, 0.05) is 31.0 Å². The highest BCUT2D eigenvalue weighted by Gasteiger charge is 2.26. The number of carbonyl (C=O) groups is 2. The van der Waals surface area contributed by atoms with Crippen molar-refractivity contribution in [2.75, 3.05) is 18.4 Å². The number of aromatic nitrogens is 2. The second kappa shape index (κ2) is 7.38. The van der Waals surface area contributed by atoms with E-state index in [0.29, 0.717) is 18.6 Å². The first kappa shape index (κ1) is 18.1. The molecule has 8 heteroatoms. The fourth-order valence-electron chi connectivity index (χ4n) is 3.36. The average Bonchev–Trinajstić information content (AvgIpc) is 3.11. The van der Waals surface area contributed by atoms with E-state index in [2.05, 4.69) is 10.3 Å². The van der Waals surface area contributed by atoms with Gasteiger partial charge in [-0.15, -0.1) is 0 Å². The van der Waals surface area contributed by atoms with E-state index in [4.69, 9.17) is 0 Å². The Hall–Kier alpha value is -3.29. The van der Waals surface area contributed by atoms with Gasteiger partial charge >= 0.3 is 0 Å². The van der Waals surface area contributed by atoms with Gasteiger partial charge in [0.1, 0.15) is 0 Å². The SMILES string of the molecule is O=C(Nc1ccc(F)c(F)c1)c1nc(C(=O)N2CCCCC2)n2ccccc12. The molecule has 28 heavy (non-hydrogen) atoms. The van der Waals surface area contributed by atoms with Crippen LogP contribution in [0.4, 0.5) is 14.5 Å². The molecule has 144 valence electrons. The molecule has 0 bridgehead atoms. The molecule has 0 spiro atoms. The third-order valence-corrected chi connectivity index (χ3v) is 4.78. The minimum Gasteiger partial charge on any atom is -0.336 e. The van der Waals surface area contributed by atoms with Crippen molar-refractivity contribution in [2.24, 2.45) is 0 Å². The van der Waals surface area contributed by atoms with Crippen molar-refractivity contribution in [1.29, 1.82) is 0 Å². The molecule has 1 fully saturated rings. The van der Waals surface area contributed by atoms with E-state index >= 15 is 0 Å². The van der Waals surface area contributed by atoms with Crippen LogP contribution in [0.1, 0.15) is 40.4 Å². The zero-order valence-electron chi connectivity index (χ0n) is 15.0. The lowest BCUT2D eigenvalue weighted by atomic mass is 10.1. The summed E-state index contributed by atoms with van der Waals surface area (Å²) in [6.45, 7) is 1.33. The normalized spacial score (nSPS) is 14.3. The smallest absolute Gasteiger partial charge is 0.290 e. The first-order chi connectivity index (χ1) is 13.5. The summed E-state index contributed by atoms with van der Waals surface area (Å²) in [5, 5.41) is 2.50. The zero-order chi connectivity index (χ0) is 19.7. The molecule has 0 unspecified atom stereocenters. The van der Waals surface area contributed by atoms with Gasteiger partial charge in [0.15, 0.2) is 17.3 Å². The predicted octanol–water partition coefficient (Wildman–Crippen LogP) is 3.49. The van der Waals surface area contributed by atoms with Crippen molar-refractivity contribution in [3.63, 3.8) is 0 Å². The summed E-state index contributed by atoms with van der Waals surface area (Å²) in [4.78, 5) is 31.6. The van der Waals surface area contributed by atoms with E-state index in [9.17, 15) is 18.4 Å². The Labute approximate surface area is 159 Å². The van der Waals surface area contributed by atoms with E-state index in [0.717, 1.165) is 31.4 Å². The van der Waals surface area contributed by atoms with Gasteiger partial charge in [-0.05, 0) is 43.5 Å². The van der Waals surface area contributed by atoms with Gasteiger partial charge in [0.2, 0.25) is 5.82 Å². The Morgan fingerprint density at radius 2 is 1.79 bits per heavy atom. The maximum Gasteiger partial charge on any atom is 0.290 e. The standard InChI is InChI=1S/C20H18F2N4O2/c21-14-8-7-13(12-15(14)22)23-19(27)17-16-6-2-5-11-26(16)18(24-17)20(28)25-9-3-1-4-10-25/h2,5-8,11-12H,1,3-4,9-10H2,(H,23,27). The first-order valence-corrected chi connectivity index (χ1v) is 9.07. The van der Waals surface area contributed by atoms with Crippen molar-refractivity contribution in [3.05, 3.63) is 65.7 Å². The number of amides is 2. The molecule has 0 saturated carbocycles. The number of benzene rings is 1. The number of rotatable bonds is 3. The van der Waals surface area contributed by atoms with E-state index in [-0.39, 0.29) is 23.1 Å². The molecule has 0 atom stereocenters. The number of hydrogen-bond donors (Lipinski definition) is 1. The lowest BCUT2D eigenvalue weighted by Gasteiger charge is -2.25. The summed E-state index contributed by atoms with van der Waals surface area (Å²) in [6, 6.07) is 8.25. The Bertz CT molecular complexity index is 1060. The van der Waals surface area contributed by atoms with Crippen LogP contribution in [0, 0.1) is 11.6 Å². The number of nitrogens with one attached hydrogen (secondary N) is 1. The summed E-state index contributed by atoms with van der Waals surface area (Å²) in [6.07, 6.45) is 4.65. The van der Waals surface area contributed by atoms with Crippen LogP contribution in [-0.4, -0.2) is 39.2 Å². The van der Waals surface area contributed by atoms with Crippen molar-refractivity contribution in [1.82, 2.24) is 14.3 Å². The minimum absolute atomic E-state index is 0.0469. The Morgan fingerprint density at radius 3 is 2.54 bits per heavy atom. The van der Waals surface area contributed by atoms with Crippen LogP contribution < -0.4 is 5.32 Å². The number of fused-ring (bicyclic) bond motifs is 1. The minimum atomic E-state index is -1.06. The van der Waals surface area contributed by atoms with Crippen LogP contribution >= 0.6 is 0 Å². The largest absolute Gasteiger partial charge is 0.336 e. The fourth-order valence-corrected chi connectivity index (χ4v) is 3.36. The fraction of sp³-hybridized carbons (Fsp3) is 0.250. The molecule has 3 heterocycles. The highest BCUT2D eigenvalue weighted by molar-refractivity contribution is 6.08. The molecular formula is C20H18F2N4O2. The molecule has 2 aromatic heterocycles. The van der Waals surface area contributed by atoms with Crippen LogP contribution in [0.15, 0.2) is 42.6 Å². The third-order valence-electron chi connectivity index (χ3n) is 4.78. The quantitative estimate of drug-likeness (QED) is 0.752. The molecule has 6 nitrogen and oxygen atoms in total. The molecular weight excluding hydrogens is 366 g/mol. The van der Waals surface area contributed by atoms with E-state index in [1.54, 1.807) is 33.7 Å². The lowest BCUT2D eigenvalue weighted by molar-refractivity contribution is 0.0711.